The van der Waals surface area contributed by atoms with Crippen LogP contribution in [0.3, 0.4) is 0 Å². The Labute approximate surface area is 103 Å². The van der Waals surface area contributed by atoms with Crippen molar-refractivity contribution in [3.63, 3.8) is 0 Å². The average molecular weight is 244 g/mol. The van der Waals surface area contributed by atoms with Crippen LogP contribution >= 0.6 is 11.6 Å². The van der Waals surface area contributed by atoms with E-state index in [1.54, 1.807) is 6.07 Å². The van der Waals surface area contributed by atoms with Crippen LogP contribution in [0.4, 0.5) is 0 Å². The molecule has 0 radical (unpaired) electrons. The maximum Gasteiger partial charge on any atom is 0.179 e. The first kappa shape index (κ1) is 10.3. The summed E-state index contributed by atoms with van der Waals surface area (Å²) in [5, 5.41) is 0.458. The minimum atomic E-state index is 0.458. The van der Waals surface area contributed by atoms with Gasteiger partial charge in [0.2, 0.25) is 0 Å². The summed E-state index contributed by atoms with van der Waals surface area (Å²) < 4.78 is 0. The van der Waals surface area contributed by atoms with E-state index in [9.17, 15) is 0 Å². The van der Waals surface area contributed by atoms with E-state index in [0.717, 1.165) is 16.9 Å². The first-order chi connectivity index (χ1) is 8.22. The molecule has 2 heterocycles. The first-order valence-electron chi connectivity index (χ1n) is 5.32. The van der Waals surface area contributed by atoms with Gasteiger partial charge in [-0.05, 0) is 19.1 Å². The fourth-order valence-corrected chi connectivity index (χ4v) is 1.86. The zero-order valence-corrected chi connectivity index (χ0v) is 9.99. The molecule has 17 heavy (non-hydrogen) atoms. The van der Waals surface area contributed by atoms with Crippen molar-refractivity contribution in [1.29, 1.82) is 0 Å². The molecule has 0 atom stereocenters. The number of hydrogen-bond donors (Lipinski definition) is 1. The van der Waals surface area contributed by atoms with Crippen molar-refractivity contribution in [2.75, 3.05) is 0 Å². The number of H-pyrrole nitrogens is 1. The molecule has 0 aliphatic rings. The quantitative estimate of drug-likeness (QED) is 0.664. The zero-order chi connectivity index (χ0) is 11.8. The maximum atomic E-state index is 5.83. The van der Waals surface area contributed by atoms with Crippen LogP contribution in [0.5, 0.6) is 0 Å². The fraction of sp³-hybridized carbons (Fsp3) is 0.0769. The van der Waals surface area contributed by atoms with Crippen molar-refractivity contribution in [1.82, 2.24) is 15.0 Å². The Balaban J connectivity index is 2.14. The van der Waals surface area contributed by atoms with Crippen LogP contribution in [0.1, 0.15) is 5.56 Å². The number of aryl methyl sites for hydroxylation is 1. The van der Waals surface area contributed by atoms with Crippen LogP contribution in [-0.2, 0) is 0 Å². The Morgan fingerprint density at radius 1 is 1.00 bits per heavy atom. The zero-order valence-electron chi connectivity index (χ0n) is 9.24. The third kappa shape index (κ3) is 1.89. The molecular formula is C13H10ClN3. The van der Waals surface area contributed by atoms with Crippen LogP contribution in [-0.4, -0.2) is 15.0 Å². The summed E-state index contributed by atoms with van der Waals surface area (Å²) in [6.07, 6.45) is 0. The SMILES string of the molecule is Cc1ccc(-c2nc3nc(Cl)ccc3[nH]2)cc1. The number of pyridine rings is 1. The molecule has 0 unspecified atom stereocenters. The summed E-state index contributed by atoms with van der Waals surface area (Å²) in [7, 11) is 0. The Hall–Kier alpha value is -1.87. The molecule has 0 amide bonds. The van der Waals surface area contributed by atoms with Gasteiger partial charge in [0.25, 0.3) is 0 Å². The van der Waals surface area contributed by atoms with Gasteiger partial charge in [0.15, 0.2) is 5.65 Å². The highest BCUT2D eigenvalue weighted by Crippen LogP contribution is 2.20. The second-order valence-electron chi connectivity index (χ2n) is 3.96. The van der Waals surface area contributed by atoms with Crippen molar-refractivity contribution in [2.24, 2.45) is 0 Å². The van der Waals surface area contributed by atoms with Gasteiger partial charge in [0, 0.05) is 5.56 Å². The number of nitrogens with zero attached hydrogens (tertiary/aromatic N) is 2. The van der Waals surface area contributed by atoms with Gasteiger partial charge in [-0.15, -0.1) is 0 Å². The van der Waals surface area contributed by atoms with Crippen LogP contribution in [0.25, 0.3) is 22.6 Å². The van der Waals surface area contributed by atoms with Crippen molar-refractivity contribution >= 4 is 22.8 Å². The number of aromatic amines is 1. The smallest absolute Gasteiger partial charge is 0.179 e. The summed E-state index contributed by atoms with van der Waals surface area (Å²) in [5.41, 5.74) is 3.81. The third-order valence-corrected chi connectivity index (χ3v) is 2.85. The average Bonchev–Trinajstić information content (AvgIpc) is 2.72. The fourth-order valence-electron chi connectivity index (χ4n) is 1.72. The highest BCUT2D eigenvalue weighted by Gasteiger charge is 2.06. The molecule has 84 valence electrons. The van der Waals surface area contributed by atoms with E-state index < -0.39 is 0 Å². The highest BCUT2D eigenvalue weighted by molar-refractivity contribution is 6.29. The summed E-state index contributed by atoms with van der Waals surface area (Å²) in [6, 6.07) is 11.8. The molecule has 1 N–H and O–H groups in total. The van der Waals surface area contributed by atoms with E-state index in [2.05, 4.69) is 34.0 Å². The van der Waals surface area contributed by atoms with Gasteiger partial charge in [-0.25, -0.2) is 9.97 Å². The molecule has 1 aromatic carbocycles. The molecule has 3 aromatic rings. The van der Waals surface area contributed by atoms with E-state index in [1.807, 2.05) is 18.2 Å². The van der Waals surface area contributed by atoms with Gasteiger partial charge in [0.05, 0.1) is 5.52 Å². The number of hydrogen-bond acceptors (Lipinski definition) is 2. The summed E-state index contributed by atoms with van der Waals surface area (Å²) in [6.45, 7) is 2.06. The minimum absolute atomic E-state index is 0.458. The largest absolute Gasteiger partial charge is 0.337 e. The van der Waals surface area contributed by atoms with Crippen LogP contribution in [0.15, 0.2) is 36.4 Å². The summed E-state index contributed by atoms with van der Waals surface area (Å²) in [5.74, 6) is 0.815. The topological polar surface area (TPSA) is 41.6 Å². The molecule has 3 rings (SSSR count). The molecule has 0 aliphatic carbocycles. The summed E-state index contributed by atoms with van der Waals surface area (Å²) in [4.78, 5) is 11.8. The van der Waals surface area contributed by atoms with Crippen molar-refractivity contribution in [2.45, 2.75) is 6.92 Å². The molecule has 3 nitrogen and oxygen atoms in total. The second-order valence-corrected chi connectivity index (χ2v) is 4.34. The number of halogens is 1. The lowest BCUT2D eigenvalue weighted by molar-refractivity contribution is 1.30. The van der Waals surface area contributed by atoms with Gasteiger partial charge in [-0.2, -0.15) is 0 Å². The molecule has 0 fully saturated rings. The summed E-state index contributed by atoms with van der Waals surface area (Å²) >= 11 is 5.83. The van der Waals surface area contributed by atoms with Crippen molar-refractivity contribution < 1.29 is 0 Å². The lowest BCUT2D eigenvalue weighted by Gasteiger charge is -1.96. The third-order valence-electron chi connectivity index (χ3n) is 2.64. The Morgan fingerprint density at radius 2 is 1.76 bits per heavy atom. The molecule has 0 spiro atoms. The monoisotopic (exact) mass is 243 g/mol. The molecule has 0 saturated heterocycles. The standard InChI is InChI=1S/C13H10ClN3/c1-8-2-4-9(5-3-8)12-15-10-6-7-11(14)16-13(10)17-12/h2-7H,1H3,(H,15,16,17). The maximum absolute atomic E-state index is 5.83. The van der Waals surface area contributed by atoms with E-state index in [-0.39, 0.29) is 0 Å². The molecule has 0 bridgehead atoms. The molecule has 0 aliphatic heterocycles. The normalized spacial score (nSPS) is 10.9. The molecule has 4 heteroatoms. The highest BCUT2D eigenvalue weighted by atomic mass is 35.5. The second kappa shape index (κ2) is 3.86. The van der Waals surface area contributed by atoms with Gasteiger partial charge in [-0.3, -0.25) is 0 Å². The number of aromatic nitrogens is 3. The van der Waals surface area contributed by atoms with Crippen LogP contribution in [0.2, 0.25) is 5.15 Å². The van der Waals surface area contributed by atoms with Crippen LogP contribution in [0, 0.1) is 6.92 Å². The van der Waals surface area contributed by atoms with E-state index in [1.165, 1.54) is 5.56 Å². The Kier molecular flexibility index (Phi) is 2.34. The van der Waals surface area contributed by atoms with Crippen LogP contribution < -0.4 is 0 Å². The van der Waals surface area contributed by atoms with E-state index in [0.29, 0.717) is 10.8 Å². The van der Waals surface area contributed by atoms with E-state index in [4.69, 9.17) is 11.6 Å². The lowest BCUT2D eigenvalue weighted by atomic mass is 10.1. The molecule has 2 aromatic heterocycles. The lowest BCUT2D eigenvalue weighted by Crippen LogP contribution is -1.80. The van der Waals surface area contributed by atoms with Gasteiger partial charge in [0.1, 0.15) is 11.0 Å². The number of nitrogens with one attached hydrogen (secondary N) is 1. The van der Waals surface area contributed by atoms with Gasteiger partial charge >= 0.3 is 0 Å². The first-order valence-corrected chi connectivity index (χ1v) is 5.69. The van der Waals surface area contributed by atoms with Gasteiger partial charge in [-0.1, -0.05) is 41.4 Å². The Morgan fingerprint density at radius 3 is 2.53 bits per heavy atom. The van der Waals surface area contributed by atoms with Gasteiger partial charge < -0.3 is 4.98 Å². The molecule has 0 saturated carbocycles. The minimum Gasteiger partial charge on any atom is -0.337 e. The predicted molar refractivity (Wildman–Crippen MR) is 69.1 cm³/mol. The van der Waals surface area contributed by atoms with Crippen molar-refractivity contribution in [3.8, 4) is 11.4 Å². The number of fused-ring (bicyclic) bond motifs is 1. The number of rotatable bonds is 1. The molecular weight excluding hydrogens is 234 g/mol. The number of imidazole rings is 1. The predicted octanol–water partition coefficient (Wildman–Crippen LogP) is 3.59. The van der Waals surface area contributed by atoms with Crippen molar-refractivity contribution in [3.05, 3.63) is 47.1 Å². The number of benzene rings is 1. The van der Waals surface area contributed by atoms with E-state index >= 15 is 0 Å². The Bertz CT molecular complexity index is 671.